The molecule has 2 atom stereocenters. The Morgan fingerprint density at radius 2 is 2.05 bits per heavy atom. The molecule has 1 aliphatic rings. The molecule has 1 aliphatic carbocycles. The summed E-state index contributed by atoms with van der Waals surface area (Å²) in [5.41, 5.74) is 0.561. The van der Waals surface area contributed by atoms with Crippen LogP contribution in [0.25, 0.3) is 0 Å². The number of methoxy groups -OCH3 is 1. The van der Waals surface area contributed by atoms with E-state index in [1.807, 2.05) is 12.1 Å². The summed E-state index contributed by atoms with van der Waals surface area (Å²) < 4.78 is 11.1. The molecule has 1 N–H and O–H groups in total. The average molecular weight is 291 g/mol. The molecule has 0 unspecified atom stereocenters. The smallest absolute Gasteiger partial charge is 0.255 e. The largest absolute Gasteiger partial charge is 0.496 e. The lowest BCUT2D eigenvalue weighted by atomic mass is 9.88. The predicted octanol–water partition coefficient (Wildman–Crippen LogP) is 3.02. The van der Waals surface area contributed by atoms with Gasteiger partial charge in [0.2, 0.25) is 0 Å². The summed E-state index contributed by atoms with van der Waals surface area (Å²) in [5, 5.41) is 2.88. The number of hydrogen-bond acceptors (Lipinski definition) is 3. The van der Waals surface area contributed by atoms with Gasteiger partial charge in [0, 0.05) is 6.54 Å². The molecular weight excluding hydrogens is 266 g/mol. The zero-order valence-corrected chi connectivity index (χ0v) is 12.9. The first-order valence-electron chi connectivity index (χ1n) is 7.75. The van der Waals surface area contributed by atoms with Crippen molar-refractivity contribution < 1.29 is 14.3 Å². The predicted molar refractivity (Wildman–Crippen MR) is 82.7 cm³/mol. The molecular formula is C17H25NO3. The van der Waals surface area contributed by atoms with E-state index in [1.54, 1.807) is 19.2 Å². The molecule has 1 aromatic carbocycles. The first-order chi connectivity index (χ1) is 10.2. The Hall–Kier alpha value is -1.55. The standard InChI is InChI=1S/C17H25NO3/c1-13-7-3-5-9-15(13)21-12-11-18-17(19)14-8-4-6-10-16(14)20-2/h4,6,8,10,13,15H,3,5,7,9,11-12H2,1-2H3,(H,18,19)/t13-,15-/m0/s1. The van der Waals surface area contributed by atoms with Crippen LogP contribution in [0.2, 0.25) is 0 Å². The number of carbonyl (C=O) groups excluding carboxylic acids is 1. The number of amides is 1. The van der Waals surface area contributed by atoms with Crippen LogP contribution in [-0.4, -0.2) is 32.3 Å². The number of rotatable bonds is 6. The van der Waals surface area contributed by atoms with Gasteiger partial charge in [-0.15, -0.1) is 0 Å². The Kier molecular flexibility index (Phi) is 6.05. The Labute approximate surface area is 126 Å². The summed E-state index contributed by atoms with van der Waals surface area (Å²) in [6.07, 6.45) is 5.30. The van der Waals surface area contributed by atoms with E-state index in [0.717, 1.165) is 6.42 Å². The summed E-state index contributed by atoms with van der Waals surface area (Å²) in [5.74, 6) is 1.10. The van der Waals surface area contributed by atoms with Crippen molar-refractivity contribution in [2.45, 2.75) is 38.7 Å². The monoisotopic (exact) mass is 291 g/mol. The van der Waals surface area contributed by atoms with E-state index in [-0.39, 0.29) is 5.91 Å². The summed E-state index contributed by atoms with van der Waals surface area (Å²) >= 11 is 0. The van der Waals surface area contributed by atoms with Crippen molar-refractivity contribution in [3.8, 4) is 5.75 Å². The molecule has 2 rings (SSSR count). The van der Waals surface area contributed by atoms with E-state index >= 15 is 0 Å². The van der Waals surface area contributed by atoms with Gasteiger partial charge < -0.3 is 14.8 Å². The second-order valence-corrected chi connectivity index (χ2v) is 5.63. The molecule has 4 heteroatoms. The zero-order valence-electron chi connectivity index (χ0n) is 12.9. The fourth-order valence-electron chi connectivity index (χ4n) is 2.83. The second kappa shape index (κ2) is 8.03. The van der Waals surface area contributed by atoms with E-state index in [2.05, 4.69) is 12.2 Å². The van der Waals surface area contributed by atoms with Gasteiger partial charge in [0.05, 0.1) is 25.4 Å². The van der Waals surface area contributed by atoms with Crippen molar-refractivity contribution in [2.75, 3.05) is 20.3 Å². The molecule has 1 fully saturated rings. The van der Waals surface area contributed by atoms with Crippen LogP contribution in [0.15, 0.2) is 24.3 Å². The maximum Gasteiger partial charge on any atom is 0.255 e. The number of para-hydroxylation sites is 1. The quantitative estimate of drug-likeness (QED) is 0.820. The minimum absolute atomic E-state index is 0.118. The van der Waals surface area contributed by atoms with Crippen LogP contribution >= 0.6 is 0 Å². The minimum atomic E-state index is -0.118. The maximum atomic E-state index is 12.1. The third-order valence-electron chi connectivity index (χ3n) is 4.10. The van der Waals surface area contributed by atoms with Gasteiger partial charge in [-0.3, -0.25) is 4.79 Å². The lowest BCUT2D eigenvalue weighted by Crippen LogP contribution is -2.32. The van der Waals surface area contributed by atoms with Gasteiger partial charge in [-0.2, -0.15) is 0 Å². The van der Waals surface area contributed by atoms with Crippen LogP contribution in [0.1, 0.15) is 43.0 Å². The molecule has 21 heavy (non-hydrogen) atoms. The minimum Gasteiger partial charge on any atom is -0.496 e. The molecule has 0 aliphatic heterocycles. The summed E-state index contributed by atoms with van der Waals surface area (Å²) in [4.78, 5) is 12.1. The highest BCUT2D eigenvalue weighted by Crippen LogP contribution is 2.26. The van der Waals surface area contributed by atoms with Gasteiger partial charge in [-0.1, -0.05) is 31.9 Å². The fraction of sp³-hybridized carbons (Fsp3) is 0.588. The van der Waals surface area contributed by atoms with Crippen molar-refractivity contribution in [3.63, 3.8) is 0 Å². The highest BCUT2D eigenvalue weighted by atomic mass is 16.5. The first-order valence-corrected chi connectivity index (χ1v) is 7.75. The van der Waals surface area contributed by atoms with Crippen LogP contribution in [0, 0.1) is 5.92 Å². The van der Waals surface area contributed by atoms with Crippen molar-refractivity contribution in [3.05, 3.63) is 29.8 Å². The van der Waals surface area contributed by atoms with Crippen LogP contribution in [0.3, 0.4) is 0 Å². The summed E-state index contributed by atoms with van der Waals surface area (Å²) in [6, 6.07) is 7.23. The lowest BCUT2D eigenvalue weighted by molar-refractivity contribution is -0.00294. The Morgan fingerprint density at radius 1 is 1.29 bits per heavy atom. The van der Waals surface area contributed by atoms with Crippen LogP contribution < -0.4 is 10.1 Å². The molecule has 0 saturated heterocycles. The summed E-state index contributed by atoms with van der Waals surface area (Å²) in [7, 11) is 1.57. The van der Waals surface area contributed by atoms with Crippen LogP contribution in [-0.2, 0) is 4.74 Å². The number of carbonyl (C=O) groups is 1. The van der Waals surface area contributed by atoms with E-state index in [4.69, 9.17) is 9.47 Å². The SMILES string of the molecule is COc1ccccc1C(=O)NCCO[C@H]1CCCC[C@@H]1C. The Balaban J connectivity index is 1.74. The molecule has 0 heterocycles. The van der Waals surface area contributed by atoms with Gasteiger partial charge in [-0.05, 0) is 30.9 Å². The molecule has 1 amide bonds. The normalized spacial score (nSPS) is 21.8. The van der Waals surface area contributed by atoms with Gasteiger partial charge in [-0.25, -0.2) is 0 Å². The third kappa shape index (κ3) is 4.46. The van der Waals surface area contributed by atoms with Gasteiger partial charge in [0.15, 0.2) is 0 Å². The zero-order chi connectivity index (χ0) is 15.1. The third-order valence-corrected chi connectivity index (χ3v) is 4.10. The highest BCUT2D eigenvalue weighted by Gasteiger charge is 2.21. The fourth-order valence-corrected chi connectivity index (χ4v) is 2.83. The molecule has 116 valence electrons. The molecule has 1 aromatic rings. The lowest BCUT2D eigenvalue weighted by Gasteiger charge is -2.28. The van der Waals surface area contributed by atoms with E-state index in [1.165, 1.54) is 19.3 Å². The maximum absolute atomic E-state index is 12.1. The highest BCUT2D eigenvalue weighted by molar-refractivity contribution is 5.96. The molecule has 0 radical (unpaired) electrons. The molecule has 0 spiro atoms. The number of nitrogens with one attached hydrogen (secondary N) is 1. The van der Waals surface area contributed by atoms with Crippen molar-refractivity contribution in [2.24, 2.45) is 5.92 Å². The topological polar surface area (TPSA) is 47.6 Å². The Bertz CT molecular complexity index is 461. The van der Waals surface area contributed by atoms with Gasteiger partial charge >= 0.3 is 0 Å². The first kappa shape index (κ1) is 15.8. The van der Waals surface area contributed by atoms with Crippen LogP contribution in [0.5, 0.6) is 5.75 Å². The van der Waals surface area contributed by atoms with E-state index in [0.29, 0.717) is 36.5 Å². The van der Waals surface area contributed by atoms with Crippen molar-refractivity contribution in [1.82, 2.24) is 5.32 Å². The second-order valence-electron chi connectivity index (χ2n) is 5.63. The average Bonchev–Trinajstić information content (AvgIpc) is 2.52. The molecule has 4 nitrogen and oxygen atoms in total. The number of benzene rings is 1. The van der Waals surface area contributed by atoms with Gasteiger partial charge in [0.25, 0.3) is 5.91 Å². The Morgan fingerprint density at radius 3 is 2.81 bits per heavy atom. The van der Waals surface area contributed by atoms with Crippen LogP contribution in [0.4, 0.5) is 0 Å². The van der Waals surface area contributed by atoms with Gasteiger partial charge in [0.1, 0.15) is 5.75 Å². The molecule has 0 bridgehead atoms. The molecule has 0 aromatic heterocycles. The summed E-state index contributed by atoms with van der Waals surface area (Å²) in [6.45, 7) is 3.34. The van der Waals surface area contributed by atoms with Crippen molar-refractivity contribution >= 4 is 5.91 Å². The van der Waals surface area contributed by atoms with E-state index < -0.39 is 0 Å². The van der Waals surface area contributed by atoms with Crippen molar-refractivity contribution in [1.29, 1.82) is 0 Å². The number of ether oxygens (including phenoxy) is 2. The number of hydrogen-bond donors (Lipinski definition) is 1. The molecule has 1 saturated carbocycles. The van der Waals surface area contributed by atoms with E-state index in [9.17, 15) is 4.79 Å².